The van der Waals surface area contributed by atoms with Gasteiger partial charge in [-0.25, -0.2) is 10.6 Å². The Morgan fingerprint density at radius 3 is 2.26 bits per heavy atom. The number of allylic oxidation sites excluding steroid dienone is 1. The molecule has 266 valence electrons. The van der Waals surface area contributed by atoms with Crippen molar-refractivity contribution in [3.63, 3.8) is 0 Å². The van der Waals surface area contributed by atoms with E-state index in [0.29, 0.717) is 12.6 Å². The Balaban J connectivity index is 1.06. The molecule has 7 atom stereocenters. The number of ether oxygens (including phenoxy) is 3. The number of carboxylic acid groups (broad SMARTS) is 1. The quantitative estimate of drug-likeness (QED) is 0.0802. The number of rotatable bonds is 18. The van der Waals surface area contributed by atoms with Gasteiger partial charge in [0.2, 0.25) is 5.72 Å². The number of hydrogen-bond donors (Lipinski definition) is 2. The molecule has 0 aromatic rings. The van der Waals surface area contributed by atoms with Gasteiger partial charge in [-0.05, 0) is 64.7 Å². The average molecular weight is 658 g/mol. The fourth-order valence-corrected chi connectivity index (χ4v) is 8.97. The van der Waals surface area contributed by atoms with E-state index in [9.17, 15) is 14.7 Å². The number of hydrogen-bond acceptors (Lipinski definition) is 8. The van der Waals surface area contributed by atoms with Gasteiger partial charge in [0.1, 0.15) is 0 Å². The summed E-state index contributed by atoms with van der Waals surface area (Å²) in [6, 6.07) is 0.403. The van der Waals surface area contributed by atoms with Crippen molar-refractivity contribution in [1.29, 1.82) is 0 Å². The molecule has 5 rings (SSSR count). The van der Waals surface area contributed by atoms with E-state index in [0.717, 1.165) is 95.9 Å². The summed E-state index contributed by atoms with van der Waals surface area (Å²) in [6.45, 7) is 4.80. The molecular weight excluding hydrogens is 594 g/mol. The van der Waals surface area contributed by atoms with Gasteiger partial charge in [0.05, 0.1) is 30.9 Å². The highest BCUT2D eigenvalue weighted by atomic mass is 16.6. The van der Waals surface area contributed by atoms with Crippen LogP contribution in [0.2, 0.25) is 0 Å². The van der Waals surface area contributed by atoms with Crippen molar-refractivity contribution in [1.82, 2.24) is 10.6 Å². The predicted molar refractivity (Wildman–Crippen MR) is 180 cm³/mol. The molecule has 5 heterocycles. The lowest BCUT2D eigenvalue weighted by Crippen LogP contribution is -2.76. The lowest BCUT2D eigenvalue weighted by Gasteiger charge is -2.50. The number of nitrogens with zero attached hydrogens (tertiary/aromatic N) is 1. The maximum Gasteiger partial charge on any atom is 0.350 e. The van der Waals surface area contributed by atoms with Crippen LogP contribution in [0.3, 0.4) is 0 Å². The summed E-state index contributed by atoms with van der Waals surface area (Å²) < 4.78 is 22.0. The van der Waals surface area contributed by atoms with Gasteiger partial charge >= 0.3 is 11.9 Å². The van der Waals surface area contributed by atoms with Gasteiger partial charge in [-0.15, -0.1) is 0 Å². The number of carbonyl (C=O) groups is 2. The molecule has 5 aliphatic rings. The van der Waals surface area contributed by atoms with Crippen LogP contribution >= 0.6 is 0 Å². The van der Waals surface area contributed by atoms with E-state index in [1.165, 1.54) is 51.4 Å². The predicted octanol–water partition coefficient (Wildman–Crippen LogP) is 5.98. The lowest BCUT2D eigenvalue weighted by molar-refractivity contribution is -0.609. The third kappa shape index (κ3) is 9.52. The van der Waals surface area contributed by atoms with Crippen molar-refractivity contribution in [2.75, 3.05) is 6.61 Å². The van der Waals surface area contributed by atoms with Gasteiger partial charge < -0.3 is 24.1 Å². The second-order valence-electron chi connectivity index (χ2n) is 15.1. The SMILES string of the molecule is CC[C@H]1C=CCC[C@@]2(C[C@@H]3CC[C@@H]4[C@H](C(=O)OCCCCCCCCCCCCCCCC(=O)[O-])[C@]5(CCC[C@@H](C)O5)NC(=[N+]34)N2)O1. The van der Waals surface area contributed by atoms with Gasteiger partial charge in [0, 0.05) is 25.2 Å². The Labute approximate surface area is 283 Å². The Morgan fingerprint density at radius 2 is 1.60 bits per heavy atom. The minimum atomic E-state index is -0.929. The van der Waals surface area contributed by atoms with Crippen molar-refractivity contribution in [3.8, 4) is 0 Å². The van der Waals surface area contributed by atoms with E-state index in [2.05, 4.69) is 41.2 Å². The number of unbranched alkanes of at least 4 members (excludes halogenated alkanes) is 12. The Kier molecular flexibility index (Phi) is 13.5. The molecule has 2 saturated heterocycles. The van der Waals surface area contributed by atoms with Crippen LogP contribution in [0.15, 0.2) is 12.2 Å². The van der Waals surface area contributed by atoms with Crippen LogP contribution in [0.25, 0.3) is 0 Å². The maximum atomic E-state index is 14.0. The zero-order valence-corrected chi connectivity index (χ0v) is 29.4. The molecule has 0 aromatic heterocycles. The zero-order chi connectivity index (χ0) is 33.1. The normalized spacial score (nSPS) is 32.9. The molecule has 2 N–H and O–H groups in total. The number of nitrogens with one attached hydrogen (secondary N) is 2. The first kappa shape index (κ1) is 36.2. The van der Waals surface area contributed by atoms with E-state index in [4.69, 9.17) is 14.2 Å². The first-order valence-corrected chi connectivity index (χ1v) is 19.5. The molecule has 0 saturated carbocycles. The van der Waals surface area contributed by atoms with Crippen LogP contribution < -0.4 is 15.7 Å². The topological polar surface area (TPSA) is 112 Å². The highest BCUT2D eigenvalue weighted by Gasteiger charge is 2.64. The smallest absolute Gasteiger partial charge is 0.350 e. The van der Waals surface area contributed by atoms with Crippen LogP contribution in [0.4, 0.5) is 0 Å². The molecule has 2 spiro atoms. The summed E-state index contributed by atoms with van der Waals surface area (Å²) in [7, 11) is 0. The second-order valence-corrected chi connectivity index (χ2v) is 15.1. The molecule has 9 nitrogen and oxygen atoms in total. The van der Waals surface area contributed by atoms with E-state index in [1.54, 1.807) is 0 Å². The number of guanidine groups is 1. The summed E-state index contributed by atoms with van der Waals surface area (Å²) in [5.74, 6) is -0.389. The Hall–Kier alpha value is -2.13. The van der Waals surface area contributed by atoms with E-state index in [1.807, 2.05) is 0 Å². The van der Waals surface area contributed by atoms with Crippen molar-refractivity contribution in [3.05, 3.63) is 12.2 Å². The molecule has 0 unspecified atom stereocenters. The number of carbonyl (C=O) groups excluding carboxylic acids is 2. The highest BCUT2D eigenvalue weighted by molar-refractivity contribution is 5.82. The molecule has 2 fully saturated rings. The molecule has 9 heteroatoms. The number of aliphatic carboxylic acids is 1. The van der Waals surface area contributed by atoms with Crippen LogP contribution in [0.1, 0.15) is 162 Å². The Morgan fingerprint density at radius 1 is 0.915 bits per heavy atom. The van der Waals surface area contributed by atoms with Crippen LogP contribution in [-0.4, -0.2) is 64.8 Å². The third-order valence-electron chi connectivity index (χ3n) is 11.4. The highest BCUT2D eigenvalue weighted by Crippen LogP contribution is 2.45. The van der Waals surface area contributed by atoms with Crippen LogP contribution in [-0.2, 0) is 23.8 Å². The monoisotopic (exact) mass is 657 g/mol. The van der Waals surface area contributed by atoms with E-state index >= 15 is 0 Å². The second kappa shape index (κ2) is 17.5. The molecule has 0 bridgehead atoms. The van der Waals surface area contributed by atoms with Crippen molar-refractivity contribution < 1.29 is 33.5 Å². The van der Waals surface area contributed by atoms with Gasteiger partial charge in [0.15, 0.2) is 11.6 Å². The van der Waals surface area contributed by atoms with Gasteiger partial charge in [0.25, 0.3) is 0 Å². The first-order valence-electron chi connectivity index (χ1n) is 19.5. The van der Waals surface area contributed by atoms with Gasteiger partial charge in [-0.1, -0.05) is 89.7 Å². The minimum absolute atomic E-state index is 0.0688. The molecule has 0 radical (unpaired) electrons. The fourth-order valence-electron chi connectivity index (χ4n) is 8.97. The summed E-state index contributed by atoms with van der Waals surface area (Å²) in [5, 5.41) is 18.1. The van der Waals surface area contributed by atoms with E-state index < -0.39 is 17.4 Å². The summed E-state index contributed by atoms with van der Waals surface area (Å²) in [5.41, 5.74) is -1.15. The summed E-state index contributed by atoms with van der Waals surface area (Å²) >= 11 is 0. The van der Waals surface area contributed by atoms with Crippen molar-refractivity contribution >= 4 is 17.9 Å². The lowest BCUT2D eigenvalue weighted by atomic mass is 9.80. The molecule has 47 heavy (non-hydrogen) atoms. The molecule has 5 aliphatic heterocycles. The molecule has 0 aliphatic carbocycles. The Bertz CT molecular complexity index is 1100. The summed E-state index contributed by atoms with van der Waals surface area (Å²) in [4.78, 5) is 24.4. The maximum absolute atomic E-state index is 14.0. The fraction of sp³-hybridized carbons (Fsp3) is 0.868. The average Bonchev–Trinajstić information content (AvgIpc) is 3.34. The van der Waals surface area contributed by atoms with Crippen LogP contribution in [0.5, 0.6) is 0 Å². The minimum Gasteiger partial charge on any atom is -0.550 e. The largest absolute Gasteiger partial charge is 0.550 e. The summed E-state index contributed by atoms with van der Waals surface area (Å²) in [6.07, 6.45) is 28.4. The van der Waals surface area contributed by atoms with Crippen molar-refractivity contribution in [2.24, 2.45) is 5.92 Å². The van der Waals surface area contributed by atoms with Gasteiger partial charge in [-0.3, -0.25) is 9.37 Å². The zero-order valence-electron chi connectivity index (χ0n) is 29.4. The molecular formula is C38H63N3O6. The molecule has 0 aromatic carbocycles. The molecule has 0 amide bonds. The number of esters is 1. The van der Waals surface area contributed by atoms with Crippen molar-refractivity contribution in [2.45, 2.75) is 197 Å². The van der Waals surface area contributed by atoms with E-state index in [-0.39, 0.29) is 36.6 Å². The standard InChI is InChI=1S/C38H63N3O6/c1-3-31-21-16-17-25-37(47-31)28-30-23-24-32-34(38(26-19-20-29(2)46-38)40-36(39-37)41(30)32)35(44)45-27-18-14-12-10-8-6-4-5-7-9-11-13-15-22-33(42)43/h16,21,29-32,34H,3-15,17-20,22-28H2,1-2H3,(H2,39,40,42,43)/t29-,30+,31+,32-,34-,37+,38-/m1/s1. The number of carboxylic acids is 1. The third-order valence-corrected chi connectivity index (χ3v) is 11.4. The van der Waals surface area contributed by atoms with Gasteiger partial charge in [-0.2, -0.15) is 0 Å². The first-order chi connectivity index (χ1) is 22.8. The van der Waals surface area contributed by atoms with Crippen LogP contribution in [0, 0.1) is 5.92 Å².